The highest BCUT2D eigenvalue weighted by atomic mass is 35.5. The standard InChI is InChI=1S/C17H20ClN3O3/c1-11(2)21(17(22)12-7-8-23-10-12)9-15-19-20-16(24-15)13-5-3-4-6-14(13)18/h3-6,11-12H,7-10H2,1-2H3. The molecule has 0 radical (unpaired) electrons. The highest BCUT2D eigenvalue weighted by Gasteiger charge is 2.30. The number of hydrogen-bond donors (Lipinski definition) is 0. The predicted octanol–water partition coefficient (Wildman–Crippen LogP) is 3.16. The minimum Gasteiger partial charge on any atom is -0.419 e. The average Bonchev–Trinajstić information content (AvgIpc) is 3.24. The molecule has 7 heteroatoms. The fraction of sp³-hybridized carbons (Fsp3) is 0.471. The molecule has 0 bridgehead atoms. The first kappa shape index (κ1) is 16.9. The Balaban J connectivity index is 1.76. The lowest BCUT2D eigenvalue weighted by Crippen LogP contribution is -2.40. The Hall–Kier alpha value is -1.92. The van der Waals surface area contributed by atoms with Crippen LogP contribution in [0.4, 0.5) is 0 Å². The maximum Gasteiger partial charge on any atom is 0.249 e. The van der Waals surface area contributed by atoms with Gasteiger partial charge in [-0.2, -0.15) is 0 Å². The highest BCUT2D eigenvalue weighted by molar-refractivity contribution is 6.33. The minimum absolute atomic E-state index is 0.0359. The van der Waals surface area contributed by atoms with Crippen molar-refractivity contribution in [2.24, 2.45) is 5.92 Å². The van der Waals surface area contributed by atoms with Crippen LogP contribution < -0.4 is 0 Å². The lowest BCUT2D eigenvalue weighted by Gasteiger charge is -2.27. The topological polar surface area (TPSA) is 68.5 Å². The molecule has 1 aliphatic rings. The van der Waals surface area contributed by atoms with E-state index in [1.54, 1.807) is 11.0 Å². The Morgan fingerprint density at radius 1 is 1.38 bits per heavy atom. The number of carbonyl (C=O) groups excluding carboxylic acids is 1. The molecule has 1 saturated heterocycles. The predicted molar refractivity (Wildman–Crippen MR) is 89.4 cm³/mol. The SMILES string of the molecule is CC(C)N(Cc1nnc(-c2ccccc2Cl)o1)C(=O)C1CCOC1. The van der Waals surface area contributed by atoms with Gasteiger partial charge in [-0.05, 0) is 32.4 Å². The van der Waals surface area contributed by atoms with Gasteiger partial charge in [-0.15, -0.1) is 10.2 Å². The van der Waals surface area contributed by atoms with Gasteiger partial charge in [0.05, 0.1) is 29.7 Å². The van der Waals surface area contributed by atoms with Crippen LogP contribution in [0.15, 0.2) is 28.7 Å². The third-order valence-corrected chi connectivity index (χ3v) is 4.39. The monoisotopic (exact) mass is 349 g/mol. The maximum absolute atomic E-state index is 12.7. The Morgan fingerprint density at radius 2 is 2.17 bits per heavy atom. The number of carbonyl (C=O) groups is 1. The second-order valence-corrected chi connectivity index (χ2v) is 6.51. The number of hydrogen-bond acceptors (Lipinski definition) is 5. The van der Waals surface area contributed by atoms with E-state index in [1.807, 2.05) is 32.0 Å². The summed E-state index contributed by atoms with van der Waals surface area (Å²) in [6.45, 7) is 5.35. The maximum atomic E-state index is 12.7. The lowest BCUT2D eigenvalue weighted by molar-refractivity contribution is -0.138. The summed E-state index contributed by atoms with van der Waals surface area (Å²) in [4.78, 5) is 14.4. The molecule has 1 atom stereocenters. The van der Waals surface area contributed by atoms with Gasteiger partial charge in [-0.3, -0.25) is 4.79 Å². The summed E-state index contributed by atoms with van der Waals surface area (Å²) in [5.74, 6) is 0.736. The van der Waals surface area contributed by atoms with E-state index in [2.05, 4.69) is 10.2 Å². The lowest BCUT2D eigenvalue weighted by atomic mass is 10.1. The molecule has 0 N–H and O–H groups in total. The first-order valence-corrected chi connectivity index (χ1v) is 8.39. The molecule has 128 valence electrons. The largest absolute Gasteiger partial charge is 0.419 e. The van der Waals surface area contributed by atoms with E-state index >= 15 is 0 Å². The van der Waals surface area contributed by atoms with E-state index in [0.717, 1.165) is 6.42 Å². The van der Waals surface area contributed by atoms with Crippen LogP contribution >= 0.6 is 11.6 Å². The minimum atomic E-state index is -0.0849. The van der Waals surface area contributed by atoms with Crippen molar-refractivity contribution < 1.29 is 13.9 Å². The summed E-state index contributed by atoms with van der Waals surface area (Å²) >= 11 is 6.15. The Labute approximate surface area is 145 Å². The molecule has 6 nitrogen and oxygen atoms in total. The summed E-state index contributed by atoms with van der Waals surface area (Å²) in [6, 6.07) is 7.32. The molecule has 2 aromatic rings. The number of halogens is 1. The normalized spacial score (nSPS) is 17.4. The number of ether oxygens (including phenoxy) is 1. The van der Waals surface area contributed by atoms with E-state index in [-0.39, 0.29) is 24.4 Å². The third kappa shape index (κ3) is 3.60. The van der Waals surface area contributed by atoms with Crippen molar-refractivity contribution in [3.63, 3.8) is 0 Å². The van der Waals surface area contributed by atoms with Gasteiger partial charge < -0.3 is 14.1 Å². The van der Waals surface area contributed by atoms with Crippen LogP contribution in [0.3, 0.4) is 0 Å². The highest BCUT2D eigenvalue weighted by Crippen LogP contribution is 2.27. The molecule has 0 saturated carbocycles. The zero-order valence-electron chi connectivity index (χ0n) is 13.7. The van der Waals surface area contributed by atoms with E-state index in [1.165, 1.54) is 0 Å². The summed E-state index contributed by atoms with van der Waals surface area (Å²) in [5.41, 5.74) is 0.685. The quantitative estimate of drug-likeness (QED) is 0.829. The van der Waals surface area contributed by atoms with E-state index in [0.29, 0.717) is 35.6 Å². The number of nitrogens with zero attached hydrogens (tertiary/aromatic N) is 3. The van der Waals surface area contributed by atoms with E-state index in [9.17, 15) is 4.79 Å². The zero-order chi connectivity index (χ0) is 17.1. The zero-order valence-corrected chi connectivity index (χ0v) is 14.5. The molecule has 1 unspecified atom stereocenters. The van der Waals surface area contributed by atoms with Gasteiger partial charge >= 0.3 is 0 Å². The van der Waals surface area contributed by atoms with Gasteiger partial charge in [0.25, 0.3) is 0 Å². The van der Waals surface area contributed by atoms with Crippen molar-refractivity contribution in [2.45, 2.75) is 32.9 Å². The Kier molecular flexibility index (Phi) is 5.16. The second kappa shape index (κ2) is 7.32. The van der Waals surface area contributed by atoms with Crippen molar-refractivity contribution in [1.29, 1.82) is 0 Å². The number of benzene rings is 1. The number of amides is 1. The van der Waals surface area contributed by atoms with Crippen molar-refractivity contribution in [1.82, 2.24) is 15.1 Å². The second-order valence-electron chi connectivity index (χ2n) is 6.10. The van der Waals surface area contributed by atoms with Gasteiger partial charge in [0.2, 0.25) is 17.7 Å². The number of rotatable bonds is 5. The van der Waals surface area contributed by atoms with E-state index < -0.39 is 0 Å². The molecule has 2 heterocycles. The van der Waals surface area contributed by atoms with Gasteiger partial charge in [0.1, 0.15) is 0 Å². The van der Waals surface area contributed by atoms with Crippen LogP contribution in [-0.2, 0) is 16.1 Å². The fourth-order valence-electron chi connectivity index (χ4n) is 2.69. The van der Waals surface area contributed by atoms with Gasteiger partial charge in [-0.25, -0.2) is 0 Å². The summed E-state index contributed by atoms with van der Waals surface area (Å²) in [6.07, 6.45) is 0.761. The van der Waals surface area contributed by atoms with Crippen LogP contribution in [0, 0.1) is 5.92 Å². The molecular formula is C17H20ClN3O3. The molecule has 1 aromatic heterocycles. The number of aromatic nitrogens is 2. The molecule has 0 spiro atoms. The molecule has 1 aliphatic heterocycles. The summed E-state index contributed by atoms with van der Waals surface area (Å²) in [5, 5.41) is 8.67. The molecule has 1 amide bonds. The molecule has 1 aromatic carbocycles. The van der Waals surface area contributed by atoms with Gasteiger partial charge in [0, 0.05) is 12.6 Å². The Morgan fingerprint density at radius 3 is 2.83 bits per heavy atom. The first-order chi connectivity index (χ1) is 11.6. The van der Waals surface area contributed by atoms with Crippen LogP contribution in [0.2, 0.25) is 5.02 Å². The van der Waals surface area contributed by atoms with Crippen molar-refractivity contribution in [3.8, 4) is 11.5 Å². The smallest absolute Gasteiger partial charge is 0.249 e. The van der Waals surface area contributed by atoms with Crippen LogP contribution in [0.25, 0.3) is 11.5 Å². The molecular weight excluding hydrogens is 330 g/mol. The van der Waals surface area contributed by atoms with Crippen molar-refractivity contribution >= 4 is 17.5 Å². The fourth-order valence-corrected chi connectivity index (χ4v) is 2.90. The molecule has 24 heavy (non-hydrogen) atoms. The molecule has 0 aliphatic carbocycles. The third-order valence-electron chi connectivity index (χ3n) is 4.06. The van der Waals surface area contributed by atoms with Crippen LogP contribution in [0.5, 0.6) is 0 Å². The van der Waals surface area contributed by atoms with Gasteiger partial charge in [0.15, 0.2) is 0 Å². The molecule has 1 fully saturated rings. The average molecular weight is 350 g/mol. The van der Waals surface area contributed by atoms with Crippen molar-refractivity contribution in [2.75, 3.05) is 13.2 Å². The molecule has 3 rings (SSSR count). The Bertz CT molecular complexity index is 711. The van der Waals surface area contributed by atoms with Crippen LogP contribution in [0.1, 0.15) is 26.2 Å². The van der Waals surface area contributed by atoms with E-state index in [4.69, 9.17) is 20.8 Å². The summed E-state index contributed by atoms with van der Waals surface area (Å²) < 4.78 is 11.0. The van der Waals surface area contributed by atoms with Gasteiger partial charge in [-0.1, -0.05) is 23.7 Å². The van der Waals surface area contributed by atoms with Crippen molar-refractivity contribution in [3.05, 3.63) is 35.2 Å². The summed E-state index contributed by atoms with van der Waals surface area (Å²) in [7, 11) is 0. The van der Waals surface area contributed by atoms with Crippen LogP contribution in [-0.4, -0.2) is 40.3 Å². The first-order valence-electron chi connectivity index (χ1n) is 8.01.